The Kier molecular flexibility index (Phi) is 4.08. The van der Waals surface area contributed by atoms with Crippen LogP contribution in [-0.2, 0) is 16.6 Å². The van der Waals surface area contributed by atoms with Crippen molar-refractivity contribution in [2.45, 2.75) is 11.4 Å². The van der Waals surface area contributed by atoms with Gasteiger partial charge in [-0.15, -0.1) is 11.3 Å². The molecule has 0 fully saturated rings. The van der Waals surface area contributed by atoms with Gasteiger partial charge in [-0.05, 0) is 42.8 Å². The molecule has 0 aliphatic carbocycles. The van der Waals surface area contributed by atoms with E-state index in [1.807, 2.05) is 11.4 Å². The van der Waals surface area contributed by atoms with Gasteiger partial charge in [0.2, 0.25) is 10.0 Å². The molecular formula is C12H15N3O2S2. The quantitative estimate of drug-likeness (QED) is 0.786. The summed E-state index contributed by atoms with van der Waals surface area (Å²) in [6.45, 7) is 0.627. The van der Waals surface area contributed by atoms with Gasteiger partial charge in [-0.2, -0.15) is 0 Å². The number of hydrogen-bond acceptors (Lipinski definition) is 5. The van der Waals surface area contributed by atoms with Gasteiger partial charge in [-0.1, -0.05) is 0 Å². The summed E-state index contributed by atoms with van der Waals surface area (Å²) in [7, 11) is -1.99. The maximum Gasteiger partial charge on any atom is 0.240 e. The second kappa shape index (κ2) is 5.60. The van der Waals surface area contributed by atoms with E-state index < -0.39 is 10.0 Å². The van der Waals surface area contributed by atoms with Gasteiger partial charge < -0.3 is 11.1 Å². The Bertz CT molecular complexity index is 648. The van der Waals surface area contributed by atoms with Crippen molar-refractivity contribution < 1.29 is 8.42 Å². The average Bonchev–Trinajstić information content (AvgIpc) is 2.82. The largest absolute Gasteiger partial charge is 0.398 e. The highest BCUT2D eigenvalue weighted by molar-refractivity contribution is 7.89. The zero-order chi connectivity index (χ0) is 13.9. The SMILES string of the molecule is CNS(=O)(=O)c1ccc(NCc2sccc2N)cc1. The molecule has 7 heteroatoms. The molecular weight excluding hydrogens is 282 g/mol. The summed E-state index contributed by atoms with van der Waals surface area (Å²) in [4.78, 5) is 1.31. The van der Waals surface area contributed by atoms with Crippen LogP contribution in [0, 0.1) is 0 Å². The van der Waals surface area contributed by atoms with E-state index >= 15 is 0 Å². The minimum absolute atomic E-state index is 0.246. The molecule has 0 saturated carbocycles. The first-order chi connectivity index (χ1) is 9.03. The molecule has 2 aromatic rings. The van der Waals surface area contributed by atoms with Gasteiger partial charge in [-0.3, -0.25) is 0 Å². The van der Waals surface area contributed by atoms with E-state index in [2.05, 4.69) is 10.0 Å². The third-order valence-electron chi connectivity index (χ3n) is 2.67. The van der Waals surface area contributed by atoms with Crippen molar-refractivity contribution >= 4 is 32.7 Å². The van der Waals surface area contributed by atoms with Gasteiger partial charge in [0.15, 0.2) is 0 Å². The van der Waals surface area contributed by atoms with Crippen LogP contribution in [0.4, 0.5) is 11.4 Å². The van der Waals surface area contributed by atoms with Crippen molar-refractivity contribution in [1.82, 2.24) is 4.72 Å². The number of nitrogens with two attached hydrogens (primary N) is 1. The number of nitrogens with one attached hydrogen (secondary N) is 2. The highest BCUT2D eigenvalue weighted by atomic mass is 32.2. The highest BCUT2D eigenvalue weighted by Crippen LogP contribution is 2.21. The van der Waals surface area contributed by atoms with Gasteiger partial charge in [0.05, 0.1) is 11.4 Å². The lowest BCUT2D eigenvalue weighted by atomic mass is 10.3. The number of anilines is 2. The first kappa shape index (κ1) is 13.9. The summed E-state index contributed by atoms with van der Waals surface area (Å²) in [6.07, 6.45) is 0. The van der Waals surface area contributed by atoms with Crippen LogP contribution in [0.3, 0.4) is 0 Å². The second-order valence-electron chi connectivity index (χ2n) is 3.88. The smallest absolute Gasteiger partial charge is 0.240 e. The Balaban J connectivity index is 2.06. The Hall–Kier alpha value is -1.57. The fraction of sp³-hybridized carbons (Fsp3) is 0.167. The summed E-state index contributed by atoms with van der Waals surface area (Å²) in [5, 5.41) is 5.14. The summed E-state index contributed by atoms with van der Waals surface area (Å²) in [5.41, 5.74) is 7.41. The van der Waals surface area contributed by atoms with Crippen LogP contribution in [0.1, 0.15) is 4.88 Å². The van der Waals surface area contributed by atoms with E-state index in [1.165, 1.54) is 7.05 Å². The van der Waals surface area contributed by atoms with Crippen LogP contribution in [0.2, 0.25) is 0 Å². The number of benzene rings is 1. The summed E-state index contributed by atoms with van der Waals surface area (Å²) in [5.74, 6) is 0. The average molecular weight is 297 g/mol. The zero-order valence-electron chi connectivity index (χ0n) is 10.4. The molecule has 1 heterocycles. The predicted molar refractivity (Wildman–Crippen MR) is 78.7 cm³/mol. The summed E-state index contributed by atoms with van der Waals surface area (Å²) >= 11 is 1.59. The molecule has 19 heavy (non-hydrogen) atoms. The van der Waals surface area contributed by atoms with Crippen molar-refractivity contribution in [3.05, 3.63) is 40.6 Å². The standard InChI is InChI=1S/C12H15N3O2S2/c1-14-19(16,17)10-4-2-9(3-5-10)15-8-12-11(13)6-7-18-12/h2-7,14-15H,8,13H2,1H3. The lowest BCUT2D eigenvalue weighted by Crippen LogP contribution is -2.18. The maximum atomic E-state index is 11.6. The van der Waals surface area contributed by atoms with E-state index in [1.54, 1.807) is 35.6 Å². The normalized spacial score (nSPS) is 11.4. The molecule has 0 aliphatic rings. The molecule has 0 saturated heterocycles. The molecule has 2 rings (SSSR count). The molecule has 1 aromatic carbocycles. The first-order valence-electron chi connectivity index (χ1n) is 5.62. The van der Waals surface area contributed by atoms with Crippen LogP contribution in [-0.4, -0.2) is 15.5 Å². The van der Waals surface area contributed by atoms with Gasteiger partial charge >= 0.3 is 0 Å². The lowest BCUT2D eigenvalue weighted by molar-refractivity contribution is 0.588. The molecule has 0 aliphatic heterocycles. The van der Waals surface area contributed by atoms with Crippen LogP contribution in [0.5, 0.6) is 0 Å². The van der Waals surface area contributed by atoms with Crippen LogP contribution in [0.25, 0.3) is 0 Å². The number of nitrogen functional groups attached to an aromatic ring is 1. The predicted octanol–water partition coefficient (Wildman–Crippen LogP) is 1.85. The summed E-state index contributed by atoms with van der Waals surface area (Å²) < 4.78 is 25.4. The van der Waals surface area contributed by atoms with E-state index in [9.17, 15) is 8.42 Å². The molecule has 0 atom stereocenters. The topological polar surface area (TPSA) is 84.2 Å². The monoisotopic (exact) mass is 297 g/mol. The van der Waals surface area contributed by atoms with Gasteiger partial charge in [0.1, 0.15) is 0 Å². The first-order valence-corrected chi connectivity index (χ1v) is 7.98. The van der Waals surface area contributed by atoms with E-state index in [-0.39, 0.29) is 4.90 Å². The van der Waals surface area contributed by atoms with Crippen LogP contribution < -0.4 is 15.8 Å². The van der Waals surface area contributed by atoms with Gasteiger partial charge in [-0.25, -0.2) is 13.1 Å². The van der Waals surface area contributed by atoms with Crippen molar-refractivity contribution in [1.29, 1.82) is 0 Å². The van der Waals surface area contributed by atoms with Gasteiger partial charge in [0, 0.05) is 16.3 Å². The fourth-order valence-corrected chi connectivity index (χ4v) is 3.01. The highest BCUT2D eigenvalue weighted by Gasteiger charge is 2.10. The molecule has 4 N–H and O–H groups in total. The maximum absolute atomic E-state index is 11.6. The molecule has 1 aromatic heterocycles. The number of thiophene rings is 1. The Labute approximate surface area is 116 Å². The fourth-order valence-electron chi connectivity index (χ4n) is 1.55. The molecule has 0 spiro atoms. The molecule has 102 valence electrons. The van der Waals surface area contributed by atoms with Crippen LogP contribution >= 0.6 is 11.3 Å². The molecule has 0 unspecified atom stereocenters. The summed E-state index contributed by atoms with van der Waals surface area (Å²) in [6, 6.07) is 8.45. The number of hydrogen-bond donors (Lipinski definition) is 3. The molecule has 0 bridgehead atoms. The Morgan fingerprint density at radius 1 is 1.21 bits per heavy atom. The third-order valence-corrected chi connectivity index (χ3v) is 5.03. The van der Waals surface area contributed by atoms with Crippen molar-refractivity contribution in [3.63, 3.8) is 0 Å². The van der Waals surface area contributed by atoms with Crippen LogP contribution in [0.15, 0.2) is 40.6 Å². The minimum atomic E-state index is -3.38. The van der Waals surface area contributed by atoms with Crippen molar-refractivity contribution in [2.24, 2.45) is 0 Å². The minimum Gasteiger partial charge on any atom is -0.398 e. The van der Waals surface area contributed by atoms with Crippen molar-refractivity contribution in [3.8, 4) is 0 Å². The van der Waals surface area contributed by atoms with E-state index in [0.29, 0.717) is 6.54 Å². The Morgan fingerprint density at radius 3 is 2.42 bits per heavy atom. The van der Waals surface area contributed by atoms with E-state index in [0.717, 1.165) is 16.3 Å². The Morgan fingerprint density at radius 2 is 1.89 bits per heavy atom. The molecule has 0 amide bonds. The molecule has 0 radical (unpaired) electrons. The number of sulfonamides is 1. The second-order valence-corrected chi connectivity index (χ2v) is 6.77. The molecule has 5 nitrogen and oxygen atoms in total. The number of rotatable bonds is 5. The van der Waals surface area contributed by atoms with Gasteiger partial charge in [0.25, 0.3) is 0 Å². The lowest BCUT2D eigenvalue weighted by Gasteiger charge is -2.07. The zero-order valence-corrected chi connectivity index (χ0v) is 12.0. The van der Waals surface area contributed by atoms with E-state index in [4.69, 9.17) is 5.73 Å². The third kappa shape index (κ3) is 3.25. The van der Waals surface area contributed by atoms with Crippen molar-refractivity contribution in [2.75, 3.05) is 18.1 Å².